The molecule has 0 aromatic carbocycles. The molecule has 2 aliphatic heterocycles. The van der Waals surface area contributed by atoms with E-state index in [0.29, 0.717) is 12.1 Å². The van der Waals surface area contributed by atoms with Crippen LogP contribution in [-0.2, 0) is 4.74 Å². The molecule has 2 fully saturated rings. The van der Waals surface area contributed by atoms with Gasteiger partial charge in [-0.2, -0.15) is 0 Å². The van der Waals surface area contributed by atoms with E-state index in [1.807, 2.05) is 0 Å². The summed E-state index contributed by atoms with van der Waals surface area (Å²) in [4.78, 5) is 2.62. The van der Waals surface area contributed by atoms with Crippen molar-refractivity contribution in [1.82, 2.24) is 10.2 Å². The fourth-order valence-corrected chi connectivity index (χ4v) is 3.01. The molecule has 3 atom stereocenters. The summed E-state index contributed by atoms with van der Waals surface area (Å²) in [5, 5.41) is 3.52. The first-order chi connectivity index (χ1) is 7.81. The van der Waals surface area contributed by atoms with Crippen molar-refractivity contribution < 1.29 is 4.74 Å². The lowest BCUT2D eigenvalue weighted by Crippen LogP contribution is -2.52. The molecule has 0 aromatic rings. The van der Waals surface area contributed by atoms with Crippen molar-refractivity contribution in [3.8, 4) is 0 Å². The standard InChI is InChI=1S/C13H26N2O/c1-3-15(10-12-5-4-8-16-12)13-9-14-7-6-11(13)2/h11-14H,3-10H2,1-2H3. The number of likely N-dealkylation sites (N-methyl/N-ethyl adjacent to an activating group) is 1. The molecule has 3 heteroatoms. The van der Waals surface area contributed by atoms with Crippen molar-refractivity contribution in [1.29, 1.82) is 0 Å². The third kappa shape index (κ3) is 2.96. The van der Waals surface area contributed by atoms with Crippen molar-refractivity contribution >= 4 is 0 Å². The third-order valence-corrected chi connectivity index (χ3v) is 4.12. The van der Waals surface area contributed by atoms with E-state index in [1.165, 1.54) is 25.8 Å². The first kappa shape index (κ1) is 12.3. The van der Waals surface area contributed by atoms with Gasteiger partial charge in [0.15, 0.2) is 0 Å². The minimum atomic E-state index is 0.495. The molecule has 3 unspecified atom stereocenters. The van der Waals surface area contributed by atoms with Crippen LogP contribution in [-0.4, -0.2) is 49.8 Å². The molecule has 0 aliphatic carbocycles. The van der Waals surface area contributed by atoms with Crippen molar-refractivity contribution in [3.63, 3.8) is 0 Å². The highest BCUT2D eigenvalue weighted by Crippen LogP contribution is 2.20. The zero-order valence-electron chi connectivity index (χ0n) is 10.7. The van der Waals surface area contributed by atoms with E-state index in [4.69, 9.17) is 4.74 Å². The van der Waals surface area contributed by atoms with Crippen LogP contribution in [0.15, 0.2) is 0 Å². The number of nitrogens with one attached hydrogen (secondary N) is 1. The Bertz CT molecular complexity index is 204. The largest absolute Gasteiger partial charge is 0.377 e. The Morgan fingerprint density at radius 1 is 1.38 bits per heavy atom. The van der Waals surface area contributed by atoms with Gasteiger partial charge in [-0.15, -0.1) is 0 Å². The van der Waals surface area contributed by atoms with E-state index >= 15 is 0 Å². The summed E-state index contributed by atoms with van der Waals surface area (Å²) in [5.74, 6) is 0.822. The van der Waals surface area contributed by atoms with Crippen LogP contribution in [0.3, 0.4) is 0 Å². The van der Waals surface area contributed by atoms with Gasteiger partial charge in [0.25, 0.3) is 0 Å². The van der Waals surface area contributed by atoms with Crippen LogP contribution in [0.25, 0.3) is 0 Å². The average molecular weight is 226 g/mol. The molecule has 94 valence electrons. The summed E-state index contributed by atoms with van der Waals surface area (Å²) < 4.78 is 5.75. The number of piperidine rings is 1. The van der Waals surface area contributed by atoms with Crippen LogP contribution < -0.4 is 5.32 Å². The lowest BCUT2D eigenvalue weighted by molar-refractivity contribution is 0.0414. The maximum absolute atomic E-state index is 5.75. The number of nitrogens with zero attached hydrogens (tertiary/aromatic N) is 1. The zero-order valence-corrected chi connectivity index (χ0v) is 10.7. The second-order valence-electron chi connectivity index (χ2n) is 5.26. The molecule has 2 heterocycles. The Labute approximate surface area is 99.5 Å². The van der Waals surface area contributed by atoms with Crippen LogP contribution in [0.1, 0.15) is 33.1 Å². The van der Waals surface area contributed by atoms with Gasteiger partial charge >= 0.3 is 0 Å². The summed E-state index contributed by atoms with van der Waals surface area (Å²) in [5.41, 5.74) is 0. The molecule has 2 rings (SSSR count). The molecule has 1 N–H and O–H groups in total. The van der Waals surface area contributed by atoms with Crippen LogP contribution in [0.5, 0.6) is 0 Å². The molecule has 16 heavy (non-hydrogen) atoms. The van der Waals surface area contributed by atoms with Gasteiger partial charge in [0, 0.05) is 25.7 Å². The smallest absolute Gasteiger partial charge is 0.0702 e. The van der Waals surface area contributed by atoms with Gasteiger partial charge in [-0.1, -0.05) is 13.8 Å². The molecule has 2 aliphatic rings. The van der Waals surface area contributed by atoms with E-state index in [2.05, 4.69) is 24.1 Å². The number of hydrogen-bond donors (Lipinski definition) is 1. The molecule has 0 saturated carbocycles. The highest BCUT2D eigenvalue weighted by molar-refractivity contribution is 4.85. The first-order valence-corrected chi connectivity index (χ1v) is 6.87. The lowest BCUT2D eigenvalue weighted by atomic mass is 9.93. The molecule has 0 radical (unpaired) electrons. The summed E-state index contributed by atoms with van der Waals surface area (Å²) in [6.07, 6.45) is 4.31. The topological polar surface area (TPSA) is 24.5 Å². The van der Waals surface area contributed by atoms with Crippen LogP contribution in [0.2, 0.25) is 0 Å². The SMILES string of the molecule is CCN(CC1CCCO1)C1CNCCC1C. The van der Waals surface area contributed by atoms with Crippen molar-refractivity contribution in [2.45, 2.75) is 45.3 Å². The molecule has 0 aromatic heterocycles. The van der Waals surface area contributed by atoms with E-state index in [-0.39, 0.29) is 0 Å². The summed E-state index contributed by atoms with van der Waals surface area (Å²) in [6.45, 7) is 10.3. The van der Waals surface area contributed by atoms with Crippen molar-refractivity contribution in [2.75, 3.05) is 32.8 Å². The van der Waals surface area contributed by atoms with Gasteiger partial charge in [0.05, 0.1) is 6.10 Å². The third-order valence-electron chi connectivity index (χ3n) is 4.12. The number of ether oxygens (including phenoxy) is 1. The second-order valence-corrected chi connectivity index (χ2v) is 5.26. The molecule has 0 bridgehead atoms. The predicted octanol–water partition coefficient (Wildman–Crippen LogP) is 1.49. The quantitative estimate of drug-likeness (QED) is 0.786. The molecule has 2 saturated heterocycles. The molecule has 0 spiro atoms. The van der Waals surface area contributed by atoms with Gasteiger partial charge in [-0.3, -0.25) is 4.90 Å². The normalized spacial score (nSPS) is 35.8. The fraction of sp³-hybridized carbons (Fsp3) is 1.00. The monoisotopic (exact) mass is 226 g/mol. The zero-order chi connectivity index (χ0) is 11.4. The Kier molecular flexibility index (Phi) is 4.62. The van der Waals surface area contributed by atoms with Crippen LogP contribution in [0, 0.1) is 5.92 Å². The Morgan fingerprint density at radius 2 is 2.25 bits per heavy atom. The van der Waals surface area contributed by atoms with Gasteiger partial charge in [-0.05, 0) is 38.3 Å². The summed E-state index contributed by atoms with van der Waals surface area (Å²) >= 11 is 0. The van der Waals surface area contributed by atoms with Crippen LogP contribution >= 0.6 is 0 Å². The van der Waals surface area contributed by atoms with Gasteiger partial charge < -0.3 is 10.1 Å². The molecule has 3 nitrogen and oxygen atoms in total. The Balaban J connectivity index is 1.86. The number of rotatable bonds is 4. The van der Waals surface area contributed by atoms with Gasteiger partial charge in [-0.25, -0.2) is 0 Å². The summed E-state index contributed by atoms with van der Waals surface area (Å²) in [7, 11) is 0. The van der Waals surface area contributed by atoms with E-state index < -0.39 is 0 Å². The van der Waals surface area contributed by atoms with E-state index in [0.717, 1.165) is 32.2 Å². The number of hydrogen-bond acceptors (Lipinski definition) is 3. The van der Waals surface area contributed by atoms with Crippen LogP contribution in [0.4, 0.5) is 0 Å². The van der Waals surface area contributed by atoms with Gasteiger partial charge in [0.2, 0.25) is 0 Å². The first-order valence-electron chi connectivity index (χ1n) is 6.87. The average Bonchev–Trinajstić information content (AvgIpc) is 2.80. The molecule has 0 amide bonds. The van der Waals surface area contributed by atoms with E-state index in [9.17, 15) is 0 Å². The van der Waals surface area contributed by atoms with Gasteiger partial charge in [0.1, 0.15) is 0 Å². The maximum atomic E-state index is 5.75. The highest BCUT2D eigenvalue weighted by Gasteiger charge is 2.28. The maximum Gasteiger partial charge on any atom is 0.0702 e. The highest BCUT2D eigenvalue weighted by atomic mass is 16.5. The molecular formula is C13H26N2O. The fourth-order valence-electron chi connectivity index (χ4n) is 3.01. The molecular weight excluding hydrogens is 200 g/mol. The Hall–Kier alpha value is -0.120. The minimum Gasteiger partial charge on any atom is -0.377 e. The minimum absolute atomic E-state index is 0.495. The van der Waals surface area contributed by atoms with Crippen molar-refractivity contribution in [2.24, 2.45) is 5.92 Å². The second kappa shape index (κ2) is 5.99. The summed E-state index contributed by atoms with van der Waals surface area (Å²) in [6, 6.07) is 0.711. The lowest BCUT2D eigenvalue weighted by Gasteiger charge is -2.39. The van der Waals surface area contributed by atoms with Crippen molar-refractivity contribution in [3.05, 3.63) is 0 Å². The van der Waals surface area contributed by atoms with E-state index in [1.54, 1.807) is 0 Å². The Morgan fingerprint density at radius 3 is 2.88 bits per heavy atom. The predicted molar refractivity (Wildman–Crippen MR) is 66.7 cm³/mol.